The predicted octanol–water partition coefficient (Wildman–Crippen LogP) is 1.91. The Morgan fingerprint density at radius 2 is 2.07 bits per heavy atom. The van der Waals surface area contributed by atoms with Crippen LogP contribution in [0.1, 0.15) is 10.4 Å². The van der Waals surface area contributed by atoms with Gasteiger partial charge in [0.05, 0.1) is 0 Å². The SMILES string of the molecule is O=C(Cl)c1ccc2[nH]ccc(=O)c2c1. The lowest BCUT2D eigenvalue weighted by Crippen LogP contribution is -2.01. The van der Waals surface area contributed by atoms with Crippen molar-refractivity contribution >= 4 is 27.7 Å². The fraction of sp³-hybridized carbons (Fsp3) is 0. The number of halogens is 1. The molecule has 1 N–H and O–H groups in total. The van der Waals surface area contributed by atoms with Crippen LogP contribution in [0, 0.1) is 0 Å². The zero-order valence-corrected chi connectivity index (χ0v) is 7.84. The monoisotopic (exact) mass is 207 g/mol. The van der Waals surface area contributed by atoms with E-state index in [1.54, 1.807) is 18.3 Å². The van der Waals surface area contributed by atoms with E-state index < -0.39 is 5.24 Å². The fourth-order valence-corrected chi connectivity index (χ4v) is 1.41. The second-order valence-electron chi connectivity index (χ2n) is 2.88. The largest absolute Gasteiger partial charge is 0.361 e. The highest BCUT2D eigenvalue weighted by Crippen LogP contribution is 2.11. The van der Waals surface area contributed by atoms with Crippen molar-refractivity contribution in [2.24, 2.45) is 0 Å². The summed E-state index contributed by atoms with van der Waals surface area (Å²) in [4.78, 5) is 25.1. The molecule has 1 aromatic heterocycles. The molecular weight excluding hydrogens is 202 g/mol. The highest BCUT2D eigenvalue weighted by molar-refractivity contribution is 6.67. The Bertz CT molecular complexity index is 559. The smallest absolute Gasteiger partial charge is 0.252 e. The van der Waals surface area contributed by atoms with Gasteiger partial charge in [0, 0.05) is 28.7 Å². The maximum absolute atomic E-state index is 11.4. The molecule has 0 spiro atoms. The molecule has 0 atom stereocenters. The quantitative estimate of drug-likeness (QED) is 0.727. The molecule has 70 valence electrons. The summed E-state index contributed by atoms with van der Waals surface area (Å²) in [7, 11) is 0. The van der Waals surface area contributed by atoms with E-state index in [1.807, 2.05) is 0 Å². The van der Waals surface area contributed by atoms with Crippen LogP contribution in [0.3, 0.4) is 0 Å². The molecule has 4 heteroatoms. The van der Waals surface area contributed by atoms with Crippen LogP contribution in [-0.4, -0.2) is 10.2 Å². The van der Waals surface area contributed by atoms with E-state index >= 15 is 0 Å². The molecule has 0 radical (unpaired) electrons. The first-order valence-corrected chi connectivity index (χ1v) is 4.37. The van der Waals surface area contributed by atoms with E-state index in [2.05, 4.69) is 4.98 Å². The number of benzene rings is 1. The average Bonchev–Trinajstić information content (AvgIpc) is 2.18. The normalized spacial score (nSPS) is 10.4. The lowest BCUT2D eigenvalue weighted by Gasteiger charge is -1.97. The first-order chi connectivity index (χ1) is 6.68. The number of H-pyrrole nitrogens is 1. The molecule has 0 saturated heterocycles. The summed E-state index contributed by atoms with van der Waals surface area (Å²) in [5.41, 5.74) is 0.897. The predicted molar refractivity (Wildman–Crippen MR) is 54.8 cm³/mol. The Balaban J connectivity index is 2.83. The maximum atomic E-state index is 11.4. The molecule has 2 aromatic rings. The zero-order valence-electron chi connectivity index (χ0n) is 7.08. The van der Waals surface area contributed by atoms with Gasteiger partial charge in [-0.1, -0.05) is 0 Å². The minimum absolute atomic E-state index is 0.126. The van der Waals surface area contributed by atoms with Crippen molar-refractivity contribution in [2.45, 2.75) is 0 Å². The van der Waals surface area contributed by atoms with Gasteiger partial charge in [0.1, 0.15) is 0 Å². The standard InChI is InChI=1S/C10H6ClNO2/c11-10(14)6-1-2-8-7(5-6)9(13)3-4-12-8/h1-5H,(H,12,13). The molecule has 0 bridgehead atoms. The molecule has 1 heterocycles. The van der Waals surface area contributed by atoms with Gasteiger partial charge < -0.3 is 4.98 Å². The van der Waals surface area contributed by atoms with Crippen molar-refractivity contribution in [1.82, 2.24) is 4.98 Å². The molecule has 14 heavy (non-hydrogen) atoms. The van der Waals surface area contributed by atoms with Gasteiger partial charge in [-0.2, -0.15) is 0 Å². The fourth-order valence-electron chi connectivity index (χ4n) is 1.29. The molecule has 0 fully saturated rings. The van der Waals surface area contributed by atoms with Crippen molar-refractivity contribution in [3.63, 3.8) is 0 Å². The number of nitrogens with one attached hydrogen (secondary N) is 1. The number of fused-ring (bicyclic) bond motifs is 1. The number of aromatic amines is 1. The van der Waals surface area contributed by atoms with Gasteiger partial charge in [0.2, 0.25) is 0 Å². The summed E-state index contributed by atoms with van der Waals surface area (Å²) in [5.74, 6) is 0. The summed E-state index contributed by atoms with van der Waals surface area (Å²) in [6.45, 7) is 0. The first-order valence-electron chi connectivity index (χ1n) is 4.00. The summed E-state index contributed by atoms with van der Waals surface area (Å²) < 4.78 is 0. The van der Waals surface area contributed by atoms with Gasteiger partial charge in [-0.05, 0) is 29.8 Å². The zero-order chi connectivity index (χ0) is 10.1. The van der Waals surface area contributed by atoms with Crippen molar-refractivity contribution in [2.75, 3.05) is 0 Å². The third-order valence-corrected chi connectivity index (χ3v) is 2.20. The molecule has 1 aromatic carbocycles. The minimum atomic E-state index is -0.560. The molecule has 3 nitrogen and oxygen atoms in total. The summed E-state index contributed by atoms with van der Waals surface area (Å²) in [6.07, 6.45) is 1.56. The van der Waals surface area contributed by atoms with Crippen LogP contribution < -0.4 is 5.43 Å². The number of rotatable bonds is 1. The Hall–Kier alpha value is -1.61. The highest BCUT2D eigenvalue weighted by Gasteiger charge is 2.04. The van der Waals surface area contributed by atoms with Crippen molar-refractivity contribution in [1.29, 1.82) is 0 Å². The Kier molecular flexibility index (Phi) is 2.09. The van der Waals surface area contributed by atoms with Gasteiger partial charge in [0.15, 0.2) is 5.43 Å². The number of pyridine rings is 1. The number of carbonyl (C=O) groups is 1. The molecule has 0 aliphatic heterocycles. The lowest BCUT2D eigenvalue weighted by atomic mass is 10.1. The second kappa shape index (κ2) is 3.27. The van der Waals surface area contributed by atoms with E-state index in [1.165, 1.54) is 12.1 Å². The van der Waals surface area contributed by atoms with Crippen LogP contribution >= 0.6 is 11.6 Å². The Morgan fingerprint density at radius 3 is 2.79 bits per heavy atom. The van der Waals surface area contributed by atoms with Crippen LogP contribution in [0.2, 0.25) is 0 Å². The molecule has 0 aliphatic carbocycles. The van der Waals surface area contributed by atoms with Crippen LogP contribution in [-0.2, 0) is 0 Å². The number of hydrogen-bond donors (Lipinski definition) is 1. The number of aromatic nitrogens is 1. The molecule has 0 aliphatic rings. The van der Waals surface area contributed by atoms with Gasteiger partial charge in [0.25, 0.3) is 5.24 Å². The van der Waals surface area contributed by atoms with E-state index in [9.17, 15) is 9.59 Å². The maximum Gasteiger partial charge on any atom is 0.252 e. The topological polar surface area (TPSA) is 49.9 Å². The highest BCUT2D eigenvalue weighted by atomic mass is 35.5. The van der Waals surface area contributed by atoms with Crippen molar-refractivity contribution < 1.29 is 4.79 Å². The molecule has 0 saturated carbocycles. The third-order valence-electron chi connectivity index (χ3n) is 1.99. The number of carbonyl (C=O) groups excluding carboxylic acids is 1. The lowest BCUT2D eigenvalue weighted by molar-refractivity contribution is 0.108. The van der Waals surface area contributed by atoms with Gasteiger partial charge in [-0.15, -0.1) is 0 Å². The van der Waals surface area contributed by atoms with Crippen molar-refractivity contribution in [3.05, 3.63) is 46.2 Å². The Morgan fingerprint density at radius 1 is 1.29 bits per heavy atom. The van der Waals surface area contributed by atoms with Gasteiger partial charge in [-0.3, -0.25) is 9.59 Å². The van der Waals surface area contributed by atoms with Gasteiger partial charge >= 0.3 is 0 Å². The van der Waals surface area contributed by atoms with E-state index in [4.69, 9.17) is 11.6 Å². The number of hydrogen-bond acceptors (Lipinski definition) is 2. The summed E-state index contributed by atoms with van der Waals surface area (Å²) in [5, 5.41) is -0.0887. The summed E-state index contributed by atoms with van der Waals surface area (Å²) >= 11 is 5.30. The Labute approximate surface area is 84.3 Å². The molecule has 0 amide bonds. The average molecular weight is 208 g/mol. The first kappa shape index (κ1) is 8.97. The molecule has 0 unspecified atom stereocenters. The second-order valence-corrected chi connectivity index (χ2v) is 3.22. The van der Waals surface area contributed by atoms with Gasteiger partial charge in [-0.25, -0.2) is 0 Å². The third kappa shape index (κ3) is 1.42. The summed E-state index contributed by atoms with van der Waals surface area (Å²) in [6, 6.07) is 6.13. The van der Waals surface area contributed by atoms with Crippen LogP contribution in [0.5, 0.6) is 0 Å². The van der Waals surface area contributed by atoms with Crippen LogP contribution in [0.25, 0.3) is 10.9 Å². The van der Waals surface area contributed by atoms with E-state index in [-0.39, 0.29) is 5.43 Å². The van der Waals surface area contributed by atoms with Crippen LogP contribution in [0.15, 0.2) is 35.3 Å². The van der Waals surface area contributed by atoms with E-state index in [0.29, 0.717) is 16.5 Å². The van der Waals surface area contributed by atoms with Crippen LogP contribution in [0.4, 0.5) is 0 Å². The molecular formula is C10H6ClNO2. The molecule has 2 rings (SSSR count). The van der Waals surface area contributed by atoms with E-state index in [0.717, 1.165) is 0 Å². The minimum Gasteiger partial charge on any atom is -0.361 e. The van der Waals surface area contributed by atoms with Crippen molar-refractivity contribution in [3.8, 4) is 0 Å².